The Hall–Kier alpha value is -2.24. The lowest BCUT2D eigenvalue weighted by molar-refractivity contribution is -0.183. The summed E-state index contributed by atoms with van der Waals surface area (Å²) >= 11 is 0. The van der Waals surface area contributed by atoms with E-state index in [-0.39, 0.29) is 17.1 Å². The fourth-order valence-corrected chi connectivity index (χ4v) is 4.71. The van der Waals surface area contributed by atoms with Crippen LogP contribution in [0.25, 0.3) is 0 Å². The van der Waals surface area contributed by atoms with Gasteiger partial charge in [-0.2, -0.15) is 0 Å². The van der Waals surface area contributed by atoms with E-state index in [0.29, 0.717) is 25.2 Å². The fraction of sp³-hybridized carbons (Fsp3) is 0.409. The Morgan fingerprint density at radius 2 is 1.74 bits per heavy atom. The zero-order chi connectivity index (χ0) is 18.5. The van der Waals surface area contributed by atoms with Crippen LogP contribution in [0.3, 0.4) is 0 Å². The van der Waals surface area contributed by atoms with Crippen LogP contribution in [0, 0.1) is 5.82 Å². The average molecular weight is 367 g/mol. The summed E-state index contributed by atoms with van der Waals surface area (Å²) in [4.78, 5) is 14.8. The van der Waals surface area contributed by atoms with Crippen molar-refractivity contribution in [1.82, 2.24) is 0 Å². The summed E-state index contributed by atoms with van der Waals surface area (Å²) in [6.07, 6.45) is 3.25. The predicted octanol–water partition coefficient (Wildman–Crippen LogP) is 4.04. The molecule has 0 bridgehead atoms. The van der Waals surface area contributed by atoms with Crippen molar-refractivity contribution < 1.29 is 18.7 Å². The van der Waals surface area contributed by atoms with Gasteiger partial charge in [-0.25, -0.2) is 4.39 Å². The van der Waals surface area contributed by atoms with Gasteiger partial charge in [-0.15, -0.1) is 0 Å². The lowest BCUT2D eigenvalue weighted by Crippen LogP contribution is -2.48. The van der Waals surface area contributed by atoms with Gasteiger partial charge in [0.15, 0.2) is 5.78 Å². The number of Topliss-reactive ketones (excluding diaryl/α,β-unsaturated/α-hetero) is 1. The number of hydrogen-bond donors (Lipinski definition) is 0. The van der Waals surface area contributed by atoms with Crippen molar-refractivity contribution >= 4 is 11.5 Å². The molecule has 2 aromatic carbocycles. The molecule has 140 valence electrons. The number of halogens is 1. The standard InChI is InChI=1S/C22H22FNO3/c23-17-9-7-16(8-10-17)20(25)6-3-13-24-19-5-2-1-4-18(19)22(21(24)11-12-21)26-14-15-27-22/h1-2,4-5,7-10H,3,6,11-15H2. The van der Waals surface area contributed by atoms with E-state index in [1.807, 2.05) is 12.1 Å². The zero-order valence-corrected chi connectivity index (χ0v) is 15.1. The topological polar surface area (TPSA) is 38.8 Å². The van der Waals surface area contributed by atoms with E-state index in [9.17, 15) is 9.18 Å². The van der Waals surface area contributed by atoms with Gasteiger partial charge >= 0.3 is 0 Å². The van der Waals surface area contributed by atoms with Crippen LogP contribution >= 0.6 is 0 Å². The Bertz CT molecular complexity index is 869. The molecule has 2 aliphatic heterocycles. The molecule has 0 atom stereocenters. The fourth-order valence-electron chi connectivity index (χ4n) is 4.71. The van der Waals surface area contributed by atoms with Gasteiger partial charge in [0.2, 0.25) is 5.79 Å². The number of fused-ring (bicyclic) bond motifs is 3. The maximum Gasteiger partial charge on any atom is 0.221 e. The smallest absolute Gasteiger partial charge is 0.221 e. The lowest BCUT2D eigenvalue weighted by Gasteiger charge is -2.35. The number of anilines is 1. The van der Waals surface area contributed by atoms with Crippen molar-refractivity contribution in [2.45, 2.75) is 37.0 Å². The first-order valence-corrected chi connectivity index (χ1v) is 9.60. The van der Waals surface area contributed by atoms with E-state index in [1.165, 1.54) is 12.1 Å². The molecule has 1 saturated heterocycles. The second-order valence-corrected chi connectivity index (χ2v) is 7.55. The van der Waals surface area contributed by atoms with Crippen LogP contribution < -0.4 is 4.90 Å². The van der Waals surface area contributed by atoms with Crippen molar-refractivity contribution in [3.8, 4) is 0 Å². The molecule has 2 fully saturated rings. The number of nitrogens with zero attached hydrogens (tertiary/aromatic N) is 1. The molecule has 4 nitrogen and oxygen atoms in total. The first-order chi connectivity index (χ1) is 13.2. The zero-order valence-electron chi connectivity index (χ0n) is 15.1. The highest BCUT2D eigenvalue weighted by molar-refractivity contribution is 5.96. The molecule has 0 amide bonds. The van der Waals surface area contributed by atoms with Crippen molar-refractivity contribution in [1.29, 1.82) is 0 Å². The van der Waals surface area contributed by atoms with Crippen molar-refractivity contribution in [3.05, 3.63) is 65.5 Å². The van der Waals surface area contributed by atoms with Crippen LogP contribution in [0.1, 0.15) is 41.6 Å². The molecule has 0 N–H and O–H groups in total. The maximum atomic E-state index is 13.0. The molecule has 0 radical (unpaired) electrons. The Labute approximate surface area is 157 Å². The Morgan fingerprint density at radius 1 is 1.04 bits per heavy atom. The molecule has 0 aromatic heterocycles. The van der Waals surface area contributed by atoms with Gasteiger partial charge in [-0.3, -0.25) is 4.79 Å². The van der Waals surface area contributed by atoms with Crippen molar-refractivity contribution in [2.24, 2.45) is 0 Å². The molecule has 1 aliphatic carbocycles. The first-order valence-electron chi connectivity index (χ1n) is 9.60. The maximum absolute atomic E-state index is 13.0. The summed E-state index contributed by atoms with van der Waals surface area (Å²) in [6, 6.07) is 14.1. The highest BCUT2D eigenvalue weighted by Crippen LogP contribution is 2.65. The van der Waals surface area contributed by atoms with Crippen molar-refractivity contribution in [3.63, 3.8) is 0 Å². The van der Waals surface area contributed by atoms with Crippen LogP contribution in [-0.4, -0.2) is 31.1 Å². The summed E-state index contributed by atoms with van der Waals surface area (Å²) < 4.78 is 25.4. The highest BCUT2D eigenvalue weighted by Gasteiger charge is 2.71. The Kier molecular flexibility index (Phi) is 3.85. The molecule has 2 spiro atoms. The number of carbonyl (C=O) groups is 1. The van der Waals surface area contributed by atoms with Crippen LogP contribution in [0.5, 0.6) is 0 Å². The number of hydrogen-bond acceptors (Lipinski definition) is 4. The first kappa shape index (κ1) is 16.9. The van der Waals surface area contributed by atoms with Crippen molar-refractivity contribution in [2.75, 3.05) is 24.7 Å². The van der Waals surface area contributed by atoms with Crippen LogP contribution in [-0.2, 0) is 15.3 Å². The summed E-state index contributed by atoms with van der Waals surface area (Å²) in [5, 5.41) is 0. The number of rotatable bonds is 5. The predicted molar refractivity (Wildman–Crippen MR) is 99.3 cm³/mol. The number of ether oxygens (including phenoxy) is 2. The van der Waals surface area contributed by atoms with Gasteiger partial charge < -0.3 is 14.4 Å². The summed E-state index contributed by atoms with van der Waals surface area (Å²) in [5.74, 6) is -0.918. The second-order valence-electron chi connectivity index (χ2n) is 7.55. The molecular weight excluding hydrogens is 345 g/mol. The molecule has 2 aromatic rings. The third-order valence-corrected chi connectivity index (χ3v) is 6.05. The monoisotopic (exact) mass is 367 g/mol. The largest absolute Gasteiger partial charge is 0.360 e. The second kappa shape index (κ2) is 6.14. The van der Waals surface area contributed by atoms with Crippen LogP contribution in [0.2, 0.25) is 0 Å². The Morgan fingerprint density at radius 3 is 2.44 bits per heavy atom. The number of ketones is 1. The SMILES string of the molecule is O=C(CCCN1c2ccccc2C2(OCCO2)C12CC2)c1ccc(F)cc1. The van der Waals surface area contributed by atoms with Gasteiger partial charge in [-0.1, -0.05) is 18.2 Å². The van der Waals surface area contributed by atoms with Gasteiger partial charge in [0.25, 0.3) is 0 Å². The quantitative estimate of drug-likeness (QED) is 0.748. The summed E-state index contributed by atoms with van der Waals surface area (Å²) in [5.41, 5.74) is 2.71. The number of para-hydroxylation sites is 1. The Balaban J connectivity index is 1.33. The summed E-state index contributed by atoms with van der Waals surface area (Å²) in [6.45, 7) is 2.01. The molecule has 3 aliphatic rings. The van der Waals surface area contributed by atoms with E-state index in [4.69, 9.17) is 9.47 Å². The molecule has 2 heterocycles. The molecule has 5 heteroatoms. The number of carbonyl (C=O) groups excluding carboxylic acids is 1. The van der Waals surface area contributed by atoms with E-state index in [0.717, 1.165) is 37.1 Å². The molecular formula is C22H22FNO3. The van der Waals surface area contributed by atoms with Crippen LogP contribution in [0.4, 0.5) is 10.1 Å². The molecule has 1 saturated carbocycles. The van der Waals surface area contributed by atoms with E-state index < -0.39 is 5.79 Å². The van der Waals surface area contributed by atoms with Crippen LogP contribution in [0.15, 0.2) is 48.5 Å². The molecule has 5 rings (SSSR count). The van der Waals surface area contributed by atoms with E-state index >= 15 is 0 Å². The van der Waals surface area contributed by atoms with Gasteiger partial charge in [0.1, 0.15) is 5.82 Å². The molecule has 27 heavy (non-hydrogen) atoms. The normalized spacial score (nSPS) is 21.0. The minimum absolute atomic E-state index is 0.0513. The summed E-state index contributed by atoms with van der Waals surface area (Å²) in [7, 11) is 0. The van der Waals surface area contributed by atoms with Gasteiger partial charge in [0.05, 0.1) is 18.8 Å². The molecule has 0 unspecified atom stereocenters. The minimum atomic E-state index is -0.648. The average Bonchev–Trinajstić information content (AvgIpc) is 3.28. The van der Waals surface area contributed by atoms with Gasteiger partial charge in [-0.05, 0) is 49.6 Å². The van der Waals surface area contributed by atoms with Gasteiger partial charge in [0, 0.05) is 29.8 Å². The minimum Gasteiger partial charge on any atom is -0.360 e. The third-order valence-electron chi connectivity index (χ3n) is 6.05. The number of benzene rings is 2. The highest BCUT2D eigenvalue weighted by atomic mass is 19.1. The van der Waals surface area contributed by atoms with E-state index in [1.54, 1.807) is 12.1 Å². The van der Waals surface area contributed by atoms with E-state index in [2.05, 4.69) is 17.0 Å². The lowest BCUT2D eigenvalue weighted by atomic mass is 10.00. The third kappa shape index (κ3) is 2.45.